The quantitative estimate of drug-likeness (QED) is 0.657. The minimum absolute atomic E-state index is 0.0617. The summed E-state index contributed by atoms with van der Waals surface area (Å²) in [6.07, 6.45) is 1.41. The molecular weight excluding hydrogens is 283 g/mol. The first-order valence-corrected chi connectivity index (χ1v) is 5.78. The Bertz CT molecular complexity index is 441. The van der Waals surface area contributed by atoms with Crippen molar-refractivity contribution in [1.29, 1.82) is 0 Å². The largest absolute Gasteiger partial charge is 0.327 e. The Morgan fingerprint density at radius 2 is 1.81 bits per heavy atom. The summed E-state index contributed by atoms with van der Waals surface area (Å²) < 4.78 is 39.9. The van der Waals surface area contributed by atoms with Gasteiger partial charge in [0.1, 0.15) is 0 Å². The van der Waals surface area contributed by atoms with Gasteiger partial charge in [-0.15, -0.1) is 0 Å². The van der Waals surface area contributed by atoms with Crippen LogP contribution in [0.15, 0.2) is 10.5 Å². The van der Waals surface area contributed by atoms with Crippen molar-refractivity contribution in [3.05, 3.63) is 33.6 Å². The lowest BCUT2D eigenvalue weighted by atomic mass is 9.89. The van der Waals surface area contributed by atoms with Crippen molar-refractivity contribution in [1.82, 2.24) is 0 Å². The molecule has 1 unspecified atom stereocenters. The van der Waals surface area contributed by atoms with Gasteiger partial charge in [-0.25, -0.2) is 13.2 Å². The van der Waals surface area contributed by atoms with Gasteiger partial charge in [-0.05, 0) is 47.3 Å². The van der Waals surface area contributed by atoms with Gasteiger partial charge in [-0.1, -0.05) is 0 Å². The molecule has 1 aromatic rings. The SMILES string of the molecule is CC(N)C1(c2cc(Br)c(F)c(F)c2F)CC1. The molecule has 88 valence electrons. The van der Waals surface area contributed by atoms with Gasteiger partial charge in [0.05, 0.1) is 4.47 Å². The molecule has 1 saturated carbocycles. The molecule has 1 aliphatic rings. The fourth-order valence-electron chi connectivity index (χ4n) is 2.04. The normalized spacial score (nSPS) is 19.6. The molecule has 0 radical (unpaired) electrons. The summed E-state index contributed by atoms with van der Waals surface area (Å²) in [6.45, 7) is 1.75. The maximum Gasteiger partial charge on any atom is 0.195 e. The maximum absolute atomic E-state index is 13.6. The highest BCUT2D eigenvalue weighted by Crippen LogP contribution is 2.52. The molecule has 1 aliphatic carbocycles. The fraction of sp³-hybridized carbons (Fsp3) is 0.455. The Kier molecular flexibility index (Phi) is 2.78. The van der Waals surface area contributed by atoms with Crippen LogP contribution in [0.25, 0.3) is 0 Å². The Morgan fingerprint density at radius 1 is 1.25 bits per heavy atom. The van der Waals surface area contributed by atoms with Crippen molar-refractivity contribution in [3.63, 3.8) is 0 Å². The molecule has 1 atom stereocenters. The van der Waals surface area contributed by atoms with E-state index in [2.05, 4.69) is 15.9 Å². The van der Waals surface area contributed by atoms with Gasteiger partial charge in [0, 0.05) is 11.5 Å². The van der Waals surface area contributed by atoms with Crippen molar-refractivity contribution in [2.45, 2.75) is 31.2 Å². The van der Waals surface area contributed by atoms with Crippen LogP contribution in [0.1, 0.15) is 25.3 Å². The topological polar surface area (TPSA) is 26.0 Å². The van der Waals surface area contributed by atoms with Crippen LogP contribution in [-0.4, -0.2) is 6.04 Å². The highest BCUT2D eigenvalue weighted by molar-refractivity contribution is 9.10. The van der Waals surface area contributed by atoms with E-state index in [1.54, 1.807) is 6.92 Å². The predicted molar refractivity (Wildman–Crippen MR) is 58.6 cm³/mol. The van der Waals surface area contributed by atoms with Crippen molar-refractivity contribution < 1.29 is 13.2 Å². The van der Waals surface area contributed by atoms with Gasteiger partial charge in [-0.3, -0.25) is 0 Å². The zero-order chi connectivity index (χ0) is 12.1. The van der Waals surface area contributed by atoms with Crippen LogP contribution in [-0.2, 0) is 5.41 Å². The van der Waals surface area contributed by atoms with E-state index in [1.807, 2.05) is 0 Å². The van der Waals surface area contributed by atoms with Crippen LogP contribution in [0.4, 0.5) is 13.2 Å². The molecule has 0 spiro atoms. The van der Waals surface area contributed by atoms with E-state index in [4.69, 9.17) is 5.73 Å². The molecule has 16 heavy (non-hydrogen) atoms. The van der Waals surface area contributed by atoms with Gasteiger partial charge in [0.25, 0.3) is 0 Å². The van der Waals surface area contributed by atoms with E-state index in [0.717, 1.165) is 0 Å². The van der Waals surface area contributed by atoms with Gasteiger partial charge < -0.3 is 5.73 Å². The van der Waals surface area contributed by atoms with Crippen LogP contribution < -0.4 is 5.73 Å². The zero-order valence-corrected chi connectivity index (χ0v) is 10.2. The molecule has 0 heterocycles. The Balaban J connectivity index is 2.59. The van der Waals surface area contributed by atoms with E-state index in [-0.39, 0.29) is 16.1 Å². The van der Waals surface area contributed by atoms with Crippen LogP contribution in [0.2, 0.25) is 0 Å². The van der Waals surface area contributed by atoms with Gasteiger partial charge in [-0.2, -0.15) is 0 Å². The first-order chi connectivity index (χ1) is 7.40. The number of rotatable bonds is 2. The first kappa shape index (κ1) is 11.9. The number of nitrogens with two attached hydrogens (primary N) is 1. The number of benzene rings is 1. The van der Waals surface area contributed by atoms with Crippen LogP contribution in [0.5, 0.6) is 0 Å². The van der Waals surface area contributed by atoms with E-state index >= 15 is 0 Å². The predicted octanol–water partition coefficient (Wildman–Crippen LogP) is 3.25. The zero-order valence-electron chi connectivity index (χ0n) is 8.66. The van der Waals surface area contributed by atoms with E-state index in [9.17, 15) is 13.2 Å². The lowest BCUT2D eigenvalue weighted by molar-refractivity contribution is 0.421. The minimum atomic E-state index is -1.43. The van der Waals surface area contributed by atoms with Crippen LogP contribution >= 0.6 is 15.9 Å². The monoisotopic (exact) mass is 293 g/mol. The summed E-state index contributed by atoms with van der Waals surface area (Å²) in [5.41, 5.74) is 5.42. The molecule has 1 fully saturated rings. The molecule has 1 aromatic carbocycles. The average molecular weight is 294 g/mol. The average Bonchev–Trinajstić information content (AvgIpc) is 3.01. The van der Waals surface area contributed by atoms with Crippen molar-refractivity contribution in [2.24, 2.45) is 5.73 Å². The smallest absolute Gasteiger partial charge is 0.195 e. The third kappa shape index (κ3) is 1.57. The molecule has 0 amide bonds. The molecule has 2 rings (SSSR count). The van der Waals surface area contributed by atoms with Crippen molar-refractivity contribution in [2.75, 3.05) is 0 Å². The van der Waals surface area contributed by atoms with E-state index in [1.165, 1.54) is 6.07 Å². The third-order valence-electron chi connectivity index (χ3n) is 3.30. The fourth-order valence-corrected chi connectivity index (χ4v) is 2.44. The molecular formula is C11H11BrF3N. The third-order valence-corrected chi connectivity index (χ3v) is 3.88. The number of hydrogen-bond acceptors (Lipinski definition) is 1. The van der Waals surface area contributed by atoms with Crippen molar-refractivity contribution >= 4 is 15.9 Å². The number of hydrogen-bond donors (Lipinski definition) is 1. The maximum atomic E-state index is 13.6. The van der Waals surface area contributed by atoms with Crippen LogP contribution in [0.3, 0.4) is 0 Å². The Labute approximate surface area is 100.0 Å². The van der Waals surface area contributed by atoms with Crippen molar-refractivity contribution in [3.8, 4) is 0 Å². The van der Waals surface area contributed by atoms with E-state index in [0.29, 0.717) is 12.8 Å². The molecule has 0 bridgehead atoms. The second-order valence-corrected chi connectivity index (χ2v) is 5.15. The molecule has 5 heteroatoms. The second kappa shape index (κ2) is 3.74. The Morgan fingerprint density at radius 3 is 2.25 bits per heavy atom. The lowest BCUT2D eigenvalue weighted by Gasteiger charge is -2.21. The summed E-state index contributed by atoms with van der Waals surface area (Å²) in [7, 11) is 0. The molecule has 1 nitrogen and oxygen atoms in total. The molecule has 0 aliphatic heterocycles. The molecule has 2 N–H and O–H groups in total. The number of halogens is 4. The minimum Gasteiger partial charge on any atom is -0.327 e. The highest BCUT2D eigenvalue weighted by atomic mass is 79.9. The summed E-state index contributed by atoms with van der Waals surface area (Å²) in [5, 5.41) is 0. The lowest BCUT2D eigenvalue weighted by Crippen LogP contribution is -2.32. The van der Waals surface area contributed by atoms with Gasteiger partial charge in [0.15, 0.2) is 17.5 Å². The molecule has 0 aromatic heterocycles. The summed E-state index contributed by atoms with van der Waals surface area (Å²) in [4.78, 5) is 0. The Hall–Kier alpha value is -0.550. The summed E-state index contributed by atoms with van der Waals surface area (Å²) in [5.74, 6) is -3.74. The standard InChI is InChI=1S/C11H11BrF3N/c1-5(16)11(2-3-11)6-4-7(12)9(14)10(15)8(6)13/h4-5H,2-3,16H2,1H3. The first-order valence-electron chi connectivity index (χ1n) is 4.99. The summed E-state index contributed by atoms with van der Waals surface area (Å²) in [6, 6.07) is 1.02. The van der Waals surface area contributed by atoms with Gasteiger partial charge >= 0.3 is 0 Å². The van der Waals surface area contributed by atoms with Gasteiger partial charge in [0.2, 0.25) is 0 Å². The highest BCUT2D eigenvalue weighted by Gasteiger charge is 2.50. The second-order valence-electron chi connectivity index (χ2n) is 4.29. The molecule has 0 saturated heterocycles. The summed E-state index contributed by atoms with van der Waals surface area (Å²) >= 11 is 2.88. The van der Waals surface area contributed by atoms with E-state index < -0.39 is 22.9 Å². The van der Waals surface area contributed by atoms with Crippen LogP contribution in [0, 0.1) is 17.5 Å².